The van der Waals surface area contributed by atoms with Gasteiger partial charge < -0.3 is 11.1 Å². The summed E-state index contributed by atoms with van der Waals surface area (Å²) >= 11 is 5.72. The third kappa shape index (κ3) is 3.85. The van der Waals surface area contributed by atoms with Crippen LogP contribution in [-0.2, 0) is 4.79 Å². The first-order chi connectivity index (χ1) is 6.99. The highest BCUT2D eigenvalue weighted by atomic mass is 35.5. The van der Waals surface area contributed by atoms with E-state index in [0.29, 0.717) is 5.69 Å². The molecule has 82 valence electrons. The van der Waals surface area contributed by atoms with Gasteiger partial charge in [-0.2, -0.15) is 0 Å². The Hall–Kier alpha value is -1.13. The number of anilines is 1. The van der Waals surface area contributed by atoms with Gasteiger partial charge in [0, 0.05) is 12.5 Å². The molecule has 0 spiro atoms. The predicted octanol–water partition coefficient (Wildman–Crippen LogP) is 2.15. The van der Waals surface area contributed by atoms with Gasteiger partial charge in [0.15, 0.2) is 0 Å². The normalized spacial score (nSPS) is 12.3. The van der Waals surface area contributed by atoms with Crippen LogP contribution in [0.2, 0.25) is 5.02 Å². The van der Waals surface area contributed by atoms with Crippen molar-refractivity contribution in [2.45, 2.75) is 19.4 Å². The van der Waals surface area contributed by atoms with E-state index in [1.165, 1.54) is 12.1 Å². The highest BCUT2D eigenvalue weighted by Gasteiger charge is 2.08. The van der Waals surface area contributed by atoms with Gasteiger partial charge in [0.2, 0.25) is 5.91 Å². The van der Waals surface area contributed by atoms with Crippen LogP contribution in [0.4, 0.5) is 10.1 Å². The van der Waals surface area contributed by atoms with Gasteiger partial charge in [0.05, 0.1) is 10.7 Å². The van der Waals surface area contributed by atoms with Gasteiger partial charge in [-0.1, -0.05) is 11.6 Å². The van der Waals surface area contributed by atoms with Crippen LogP contribution in [0.1, 0.15) is 13.3 Å². The van der Waals surface area contributed by atoms with Gasteiger partial charge in [0.25, 0.3) is 0 Å². The Balaban J connectivity index is 2.68. The largest absolute Gasteiger partial charge is 0.327 e. The number of rotatable bonds is 3. The van der Waals surface area contributed by atoms with E-state index in [2.05, 4.69) is 5.32 Å². The van der Waals surface area contributed by atoms with Crippen LogP contribution in [0.15, 0.2) is 18.2 Å². The summed E-state index contributed by atoms with van der Waals surface area (Å²) in [6, 6.07) is 3.57. The number of nitrogens with one attached hydrogen (secondary N) is 1. The lowest BCUT2D eigenvalue weighted by molar-refractivity contribution is -0.116. The molecular weight excluding hydrogens is 219 g/mol. The molecule has 1 atom stereocenters. The molecule has 1 aromatic rings. The van der Waals surface area contributed by atoms with E-state index in [4.69, 9.17) is 17.3 Å². The molecule has 1 aromatic carbocycles. The number of hydrogen-bond donors (Lipinski definition) is 2. The van der Waals surface area contributed by atoms with Crippen LogP contribution in [0.3, 0.4) is 0 Å². The van der Waals surface area contributed by atoms with Crippen LogP contribution in [0.25, 0.3) is 0 Å². The fourth-order valence-electron chi connectivity index (χ4n) is 1.08. The number of amides is 1. The van der Waals surface area contributed by atoms with Crippen LogP contribution in [0.5, 0.6) is 0 Å². The number of halogens is 2. The van der Waals surface area contributed by atoms with E-state index in [9.17, 15) is 9.18 Å². The number of nitrogens with two attached hydrogens (primary N) is 1. The molecule has 0 aromatic heterocycles. The molecule has 1 rings (SSSR count). The van der Waals surface area contributed by atoms with Crippen molar-refractivity contribution in [3.8, 4) is 0 Å². The van der Waals surface area contributed by atoms with Crippen molar-refractivity contribution in [2.75, 3.05) is 5.32 Å². The molecule has 5 heteroatoms. The fraction of sp³-hybridized carbons (Fsp3) is 0.300. The zero-order valence-electron chi connectivity index (χ0n) is 8.26. The van der Waals surface area contributed by atoms with Crippen molar-refractivity contribution in [1.82, 2.24) is 0 Å². The van der Waals surface area contributed by atoms with Gasteiger partial charge >= 0.3 is 0 Å². The quantitative estimate of drug-likeness (QED) is 0.836. The lowest BCUT2D eigenvalue weighted by atomic mass is 10.2. The molecule has 1 unspecified atom stereocenters. The number of benzene rings is 1. The molecule has 3 N–H and O–H groups in total. The zero-order valence-corrected chi connectivity index (χ0v) is 9.01. The smallest absolute Gasteiger partial charge is 0.225 e. The maximum absolute atomic E-state index is 12.7. The van der Waals surface area contributed by atoms with Crippen LogP contribution >= 0.6 is 11.6 Å². The minimum absolute atomic E-state index is 0.174. The highest BCUT2D eigenvalue weighted by molar-refractivity contribution is 6.33. The van der Waals surface area contributed by atoms with Crippen molar-refractivity contribution >= 4 is 23.2 Å². The Morgan fingerprint density at radius 1 is 1.67 bits per heavy atom. The molecule has 0 bridgehead atoms. The summed E-state index contributed by atoms with van der Waals surface area (Å²) in [5.41, 5.74) is 5.85. The van der Waals surface area contributed by atoms with Crippen molar-refractivity contribution in [2.24, 2.45) is 5.73 Å². The first-order valence-corrected chi connectivity index (χ1v) is 4.87. The van der Waals surface area contributed by atoms with E-state index in [0.717, 1.165) is 6.07 Å². The first kappa shape index (κ1) is 11.9. The third-order valence-electron chi connectivity index (χ3n) is 1.71. The predicted molar refractivity (Wildman–Crippen MR) is 58.3 cm³/mol. The van der Waals surface area contributed by atoms with E-state index in [-0.39, 0.29) is 23.4 Å². The van der Waals surface area contributed by atoms with Crippen LogP contribution < -0.4 is 11.1 Å². The minimum atomic E-state index is -0.440. The summed E-state index contributed by atoms with van der Waals surface area (Å²) in [4.78, 5) is 11.3. The Labute approximate surface area is 92.4 Å². The summed E-state index contributed by atoms with van der Waals surface area (Å²) in [7, 11) is 0. The maximum Gasteiger partial charge on any atom is 0.225 e. The molecule has 0 fully saturated rings. The summed E-state index contributed by atoms with van der Waals surface area (Å²) in [5, 5.41) is 2.73. The molecule has 15 heavy (non-hydrogen) atoms. The standard InChI is InChI=1S/C10H12ClFN2O/c1-6(13)4-10(15)14-9-3-2-7(12)5-8(9)11/h2-3,5-6H,4,13H2,1H3,(H,14,15). The van der Waals surface area contributed by atoms with Gasteiger partial charge in [-0.05, 0) is 25.1 Å². The molecule has 1 amide bonds. The summed E-state index contributed by atoms with van der Waals surface area (Å²) in [5.74, 6) is -0.677. The third-order valence-corrected chi connectivity index (χ3v) is 2.03. The Kier molecular flexibility index (Phi) is 4.05. The summed E-state index contributed by atoms with van der Waals surface area (Å²) < 4.78 is 12.7. The maximum atomic E-state index is 12.7. The minimum Gasteiger partial charge on any atom is -0.327 e. The SMILES string of the molecule is CC(N)CC(=O)Nc1ccc(F)cc1Cl. The molecule has 0 heterocycles. The molecular formula is C10H12ClFN2O. The monoisotopic (exact) mass is 230 g/mol. The van der Waals surface area contributed by atoms with Crippen LogP contribution in [-0.4, -0.2) is 11.9 Å². The highest BCUT2D eigenvalue weighted by Crippen LogP contribution is 2.22. The van der Waals surface area contributed by atoms with E-state index >= 15 is 0 Å². The second-order valence-electron chi connectivity index (χ2n) is 3.35. The lowest BCUT2D eigenvalue weighted by Crippen LogP contribution is -2.24. The second kappa shape index (κ2) is 5.09. The average Bonchev–Trinajstić information content (AvgIpc) is 2.08. The molecule has 0 radical (unpaired) electrons. The summed E-state index contributed by atoms with van der Waals surface area (Å²) in [6.45, 7) is 1.73. The first-order valence-electron chi connectivity index (χ1n) is 4.49. The Morgan fingerprint density at radius 3 is 2.87 bits per heavy atom. The molecule has 0 saturated carbocycles. The number of carbonyl (C=O) groups excluding carboxylic acids is 1. The number of hydrogen-bond acceptors (Lipinski definition) is 2. The van der Waals surface area contributed by atoms with E-state index < -0.39 is 5.82 Å². The topological polar surface area (TPSA) is 55.1 Å². The van der Waals surface area contributed by atoms with E-state index in [1.807, 2.05) is 0 Å². The zero-order chi connectivity index (χ0) is 11.4. The average molecular weight is 231 g/mol. The molecule has 3 nitrogen and oxygen atoms in total. The van der Waals surface area contributed by atoms with Gasteiger partial charge in [-0.3, -0.25) is 4.79 Å². The van der Waals surface area contributed by atoms with Gasteiger partial charge in [0.1, 0.15) is 5.82 Å². The molecule has 0 aliphatic carbocycles. The van der Waals surface area contributed by atoms with Crippen molar-refractivity contribution < 1.29 is 9.18 Å². The Morgan fingerprint density at radius 2 is 2.33 bits per heavy atom. The molecule has 0 aliphatic rings. The van der Waals surface area contributed by atoms with Gasteiger partial charge in [-0.15, -0.1) is 0 Å². The van der Waals surface area contributed by atoms with Crippen LogP contribution in [0, 0.1) is 5.82 Å². The molecule has 0 aliphatic heterocycles. The van der Waals surface area contributed by atoms with Crippen molar-refractivity contribution in [1.29, 1.82) is 0 Å². The van der Waals surface area contributed by atoms with Crippen molar-refractivity contribution in [3.05, 3.63) is 29.0 Å². The summed E-state index contributed by atoms with van der Waals surface area (Å²) in [6.07, 6.45) is 0.202. The second-order valence-corrected chi connectivity index (χ2v) is 3.76. The van der Waals surface area contributed by atoms with Crippen molar-refractivity contribution in [3.63, 3.8) is 0 Å². The van der Waals surface area contributed by atoms with Gasteiger partial charge in [-0.25, -0.2) is 4.39 Å². The Bertz CT molecular complexity index is 368. The molecule has 0 saturated heterocycles. The lowest BCUT2D eigenvalue weighted by Gasteiger charge is -2.08. The number of carbonyl (C=O) groups is 1. The fourth-order valence-corrected chi connectivity index (χ4v) is 1.30. The van der Waals surface area contributed by atoms with E-state index in [1.54, 1.807) is 6.92 Å².